The minimum absolute atomic E-state index is 0.262. The molecule has 0 radical (unpaired) electrons. The Morgan fingerprint density at radius 1 is 0.510 bits per heavy atom. The first kappa shape index (κ1) is 28.9. The van der Waals surface area contributed by atoms with Crippen molar-refractivity contribution >= 4 is 66.4 Å². The predicted molar refractivity (Wildman–Crippen MR) is 207 cm³/mol. The largest absolute Gasteiger partial charge is 0.455 e. The van der Waals surface area contributed by atoms with Crippen LogP contribution in [0.3, 0.4) is 0 Å². The van der Waals surface area contributed by atoms with E-state index >= 15 is 4.39 Å². The van der Waals surface area contributed by atoms with Gasteiger partial charge in [-0.1, -0.05) is 152 Å². The molecule has 1 heterocycles. The summed E-state index contributed by atoms with van der Waals surface area (Å²) in [5.74, 6) is -0.262. The molecule has 49 heavy (non-hydrogen) atoms. The summed E-state index contributed by atoms with van der Waals surface area (Å²) < 4.78 is 22.6. The van der Waals surface area contributed by atoms with Gasteiger partial charge in [-0.15, -0.1) is 0 Å². The average molecular weight is 631 g/mol. The van der Waals surface area contributed by atoms with E-state index in [1.54, 1.807) is 6.08 Å². The van der Waals surface area contributed by atoms with Crippen LogP contribution in [0.2, 0.25) is 0 Å². The lowest BCUT2D eigenvalue weighted by atomic mass is 9.85. The minimum Gasteiger partial charge on any atom is -0.455 e. The van der Waals surface area contributed by atoms with E-state index < -0.39 is 0 Å². The highest BCUT2D eigenvalue weighted by Gasteiger charge is 2.22. The molecule has 0 saturated heterocycles. The summed E-state index contributed by atoms with van der Waals surface area (Å²) in [6.07, 6.45) is 5.53. The standard InChI is InChI=1S/C47H31FO/c1-3-15-32-31(4-2)46(48)38-23-13-12-22-37(38)45(32)40-25-14-24-39-41-28-30(26-27-42(41)49-47(39)40)44-35-20-10-8-18-33(35)43(29-16-6-5-7-17-29)34-19-9-11-21-36(34)44/h3-28H,2H2,1H3/b15-3-. The molecule has 0 spiro atoms. The van der Waals surface area contributed by atoms with Crippen molar-refractivity contribution in [2.45, 2.75) is 6.92 Å². The molecule has 1 nitrogen and oxygen atoms in total. The maximum Gasteiger partial charge on any atom is 0.143 e. The molecule has 0 N–H and O–H groups in total. The fourth-order valence-electron chi connectivity index (χ4n) is 7.77. The molecule has 232 valence electrons. The van der Waals surface area contributed by atoms with Crippen molar-refractivity contribution < 1.29 is 8.81 Å². The Hall–Kier alpha value is -6.25. The van der Waals surface area contributed by atoms with Crippen LogP contribution in [0.5, 0.6) is 0 Å². The smallest absolute Gasteiger partial charge is 0.143 e. The predicted octanol–water partition coefficient (Wildman–Crippen LogP) is 13.9. The first-order valence-electron chi connectivity index (χ1n) is 16.6. The zero-order chi connectivity index (χ0) is 33.1. The molecule has 2 heteroatoms. The highest BCUT2D eigenvalue weighted by atomic mass is 19.1. The number of halogens is 1. The fourth-order valence-corrected chi connectivity index (χ4v) is 7.77. The van der Waals surface area contributed by atoms with Crippen LogP contribution in [0.4, 0.5) is 4.39 Å². The number of hydrogen-bond acceptors (Lipinski definition) is 1. The van der Waals surface area contributed by atoms with Gasteiger partial charge in [-0.3, -0.25) is 0 Å². The van der Waals surface area contributed by atoms with Crippen LogP contribution in [-0.2, 0) is 0 Å². The van der Waals surface area contributed by atoms with Gasteiger partial charge in [0.05, 0.1) is 0 Å². The van der Waals surface area contributed by atoms with E-state index in [-0.39, 0.29) is 5.82 Å². The highest BCUT2D eigenvalue weighted by Crippen LogP contribution is 2.46. The van der Waals surface area contributed by atoms with E-state index in [4.69, 9.17) is 4.42 Å². The second kappa shape index (κ2) is 11.5. The van der Waals surface area contributed by atoms with Gasteiger partial charge in [0.15, 0.2) is 0 Å². The summed E-state index contributed by atoms with van der Waals surface area (Å²) in [5, 5.41) is 8.32. The van der Waals surface area contributed by atoms with E-state index in [0.29, 0.717) is 10.9 Å². The lowest BCUT2D eigenvalue weighted by molar-refractivity contribution is 0.637. The second-order valence-electron chi connectivity index (χ2n) is 12.5. The molecule has 0 unspecified atom stereocenters. The molecule has 0 amide bonds. The van der Waals surface area contributed by atoms with Gasteiger partial charge < -0.3 is 4.42 Å². The van der Waals surface area contributed by atoms with Crippen molar-refractivity contribution in [3.8, 4) is 33.4 Å². The monoisotopic (exact) mass is 630 g/mol. The topological polar surface area (TPSA) is 13.1 Å². The van der Waals surface area contributed by atoms with Gasteiger partial charge in [0, 0.05) is 32.8 Å². The molecule has 0 saturated carbocycles. The summed E-state index contributed by atoms with van der Waals surface area (Å²) >= 11 is 0. The minimum atomic E-state index is -0.262. The van der Waals surface area contributed by atoms with Crippen LogP contribution in [0.15, 0.2) is 157 Å². The van der Waals surface area contributed by atoms with Crippen molar-refractivity contribution in [3.05, 3.63) is 169 Å². The molecular weight excluding hydrogens is 600 g/mol. The molecule has 8 aromatic carbocycles. The zero-order valence-electron chi connectivity index (χ0n) is 27.0. The third kappa shape index (κ3) is 4.38. The number of para-hydroxylation sites is 1. The van der Waals surface area contributed by atoms with Gasteiger partial charge in [0.1, 0.15) is 17.0 Å². The van der Waals surface area contributed by atoms with E-state index in [2.05, 4.69) is 122 Å². The maximum absolute atomic E-state index is 15.9. The summed E-state index contributed by atoms with van der Waals surface area (Å²) in [7, 11) is 0. The van der Waals surface area contributed by atoms with Crippen LogP contribution >= 0.6 is 0 Å². The normalized spacial score (nSPS) is 11.9. The Morgan fingerprint density at radius 2 is 1.06 bits per heavy atom. The van der Waals surface area contributed by atoms with Gasteiger partial charge in [0.25, 0.3) is 0 Å². The molecule has 0 aliphatic rings. The van der Waals surface area contributed by atoms with E-state index in [1.165, 1.54) is 38.2 Å². The number of fused-ring (bicyclic) bond motifs is 6. The van der Waals surface area contributed by atoms with Gasteiger partial charge in [-0.2, -0.15) is 0 Å². The summed E-state index contributed by atoms with van der Waals surface area (Å²) in [6, 6.07) is 48.6. The van der Waals surface area contributed by atoms with Gasteiger partial charge in [0.2, 0.25) is 0 Å². The lowest BCUT2D eigenvalue weighted by Crippen LogP contribution is -1.96. The number of furan rings is 1. The number of benzene rings is 8. The zero-order valence-corrected chi connectivity index (χ0v) is 27.0. The van der Waals surface area contributed by atoms with Crippen LogP contribution in [0, 0.1) is 5.82 Å². The van der Waals surface area contributed by atoms with E-state index in [9.17, 15) is 0 Å². The Kier molecular flexibility index (Phi) is 6.77. The van der Waals surface area contributed by atoms with Crippen molar-refractivity contribution in [1.29, 1.82) is 0 Å². The lowest BCUT2D eigenvalue weighted by Gasteiger charge is -2.17. The summed E-state index contributed by atoms with van der Waals surface area (Å²) in [6.45, 7) is 5.93. The van der Waals surface area contributed by atoms with E-state index in [1.807, 2.05) is 43.3 Å². The van der Waals surface area contributed by atoms with E-state index in [0.717, 1.165) is 49.6 Å². The van der Waals surface area contributed by atoms with Crippen LogP contribution < -0.4 is 0 Å². The number of hydrogen-bond donors (Lipinski definition) is 0. The number of rotatable bonds is 5. The first-order chi connectivity index (χ1) is 24.2. The Labute approximate surface area is 283 Å². The first-order valence-corrected chi connectivity index (χ1v) is 16.6. The molecule has 9 rings (SSSR count). The van der Waals surface area contributed by atoms with Gasteiger partial charge in [-0.05, 0) is 73.8 Å². The van der Waals surface area contributed by atoms with Gasteiger partial charge >= 0.3 is 0 Å². The van der Waals surface area contributed by atoms with Crippen molar-refractivity contribution in [2.24, 2.45) is 0 Å². The second-order valence-corrected chi connectivity index (χ2v) is 12.5. The van der Waals surface area contributed by atoms with Crippen LogP contribution in [0.25, 0.3) is 99.8 Å². The summed E-state index contributed by atoms with van der Waals surface area (Å²) in [4.78, 5) is 0. The van der Waals surface area contributed by atoms with Crippen molar-refractivity contribution in [3.63, 3.8) is 0 Å². The molecule has 0 aliphatic heterocycles. The quantitative estimate of drug-likeness (QED) is 0.172. The molecule has 0 bridgehead atoms. The molecule has 9 aromatic rings. The van der Waals surface area contributed by atoms with Crippen LogP contribution in [0.1, 0.15) is 18.1 Å². The Balaban J connectivity index is 1.34. The molecule has 0 aliphatic carbocycles. The van der Waals surface area contributed by atoms with Crippen LogP contribution in [-0.4, -0.2) is 0 Å². The third-order valence-corrected chi connectivity index (χ3v) is 9.82. The molecule has 1 aromatic heterocycles. The SMILES string of the molecule is C=Cc1c(/C=C\C)c(-c2cccc3c2oc2ccc(-c4c5ccccc5c(-c5ccccc5)c5ccccc45)cc23)c2ccccc2c1F. The maximum atomic E-state index is 15.9. The van der Waals surface area contributed by atoms with Crippen molar-refractivity contribution in [1.82, 2.24) is 0 Å². The molecule has 0 fully saturated rings. The molecular formula is C47H31FO. The number of allylic oxidation sites excluding steroid dienone is 1. The van der Waals surface area contributed by atoms with Crippen molar-refractivity contribution in [2.75, 3.05) is 0 Å². The Morgan fingerprint density at radius 3 is 1.67 bits per heavy atom. The highest BCUT2D eigenvalue weighted by molar-refractivity contribution is 6.22. The Bertz CT molecular complexity index is 2740. The molecule has 0 atom stereocenters. The average Bonchev–Trinajstić information content (AvgIpc) is 3.53. The summed E-state index contributed by atoms with van der Waals surface area (Å²) in [5.41, 5.74) is 9.50. The van der Waals surface area contributed by atoms with Gasteiger partial charge in [-0.25, -0.2) is 4.39 Å². The third-order valence-electron chi connectivity index (χ3n) is 9.82. The fraction of sp³-hybridized carbons (Fsp3) is 0.0213.